The lowest BCUT2D eigenvalue weighted by Gasteiger charge is -2.16. The van der Waals surface area contributed by atoms with Crippen LogP contribution in [-0.2, 0) is 4.79 Å². The summed E-state index contributed by atoms with van der Waals surface area (Å²) >= 11 is 0. The van der Waals surface area contributed by atoms with Gasteiger partial charge in [-0.15, -0.1) is 0 Å². The number of nitrogens with two attached hydrogens (primary N) is 1. The van der Waals surface area contributed by atoms with Crippen molar-refractivity contribution in [2.75, 3.05) is 0 Å². The SMILES string of the molecule is CCCC(NC(N)=O)C(=O)[O-]. The molecule has 2 amide bonds. The van der Waals surface area contributed by atoms with Gasteiger partial charge in [-0.2, -0.15) is 0 Å². The van der Waals surface area contributed by atoms with Crippen molar-refractivity contribution >= 4 is 12.0 Å². The lowest BCUT2D eigenvalue weighted by molar-refractivity contribution is -0.308. The number of carboxylic acid groups (broad SMARTS) is 1. The summed E-state index contributed by atoms with van der Waals surface area (Å²) in [6.45, 7) is 1.80. The zero-order chi connectivity index (χ0) is 8.85. The molecule has 0 aliphatic heterocycles. The first-order valence-corrected chi connectivity index (χ1v) is 3.34. The quantitative estimate of drug-likeness (QED) is 0.526. The monoisotopic (exact) mass is 159 g/mol. The Labute approximate surface area is 64.6 Å². The molecule has 64 valence electrons. The van der Waals surface area contributed by atoms with E-state index in [1.165, 1.54) is 0 Å². The molecule has 5 heteroatoms. The minimum Gasteiger partial charge on any atom is -0.548 e. The molecular weight excluding hydrogens is 148 g/mol. The molecule has 1 atom stereocenters. The van der Waals surface area contributed by atoms with Crippen molar-refractivity contribution < 1.29 is 14.7 Å². The van der Waals surface area contributed by atoms with Crippen LogP contribution in [0.15, 0.2) is 0 Å². The van der Waals surface area contributed by atoms with Crippen molar-refractivity contribution in [1.82, 2.24) is 5.32 Å². The number of hydrogen-bond acceptors (Lipinski definition) is 3. The maximum atomic E-state index is 10.2. The van der Waals surface area contributed by atoms with Gasteiger partial charge in [-0.25, -0.2) is 4.79 Å². The number of urea groups is 1. The Hall–Kier alpha value is -1.26. The van der Waals surface area contributed by atoms with Crippen molar-refractivity contribution in [1.29, 1.82) is 0 Å². The third kappa shape index (κ3) is 4.19. The first kappa shape index (κ1) is 9.74. The molecule has 0 fully saturated rings. The van der Waals surface area contributed by atoms with E-state index >= 15 is 0 Å². The summed E-state index contributed by atoms with van der Waals surface area (Å²) in [6, 6.07) is -1.80. The molecule has 1 unspecified atom stereocenters. The fraction of sp³-hybridized carbons (Fsp3) is 0.667. The Morgan fingerprint density at radius 3 is 2.45 bits per heavy atom. The number of carboxylic acids is 1. The molecule has 0 aromatic heterocycles. The van der Waals surface area contributed by atoms with Gasteiger partial charge in [-0.3, -0.25) is 0 Å². The van der Waals surface area contributed by atoms with Crippen molar-refractivity contribution in [2.45, 2.75) is 25.8 Å². The van der Waals surface area contributed by atoms with Crippen LogP contribution in [0, 0.1) is 0 Å². The van der Waals surface area contributed by atoms with Gasteiger partial charge in [0.05, 0.1) is 12.0 Å². The Bertz CT molecular complexity index is 158. The Kier molecular flexibility index (Phi) is 4.02. The van der Waals surface area contributed by atoms with Crippen LogP contribution >= 0.6 is 0 Å². The van der Waals surface area contributed by atoms with Crippen molar-refractivity contribution in [2.24, 2.45) is 5.73 Å². The van der Waals surface area contributed by atoms with Crippen LogP contribution < -0.4 is 16.2 Å². The van der Waals surface area contributed by atoms with Gasteiger partial charge in [0.1, 0.15) is 0 Å². The number of nitrogens with one attached hydrogen (secondary N) is 1. The summed E-state index contributed by atoms with van der Waals surface area (Å²) in [5, 5.41) is 12.3. The fourth-order valence-corrected chi connectivity index (χ4v) is 0.709. The number of hydrogen-bond donors (Lipinski definition) is 2. The number of rotatable bonds is 4. The highest BCUT2D eigenvalue weighted by molar-refractivity contribution is 5.80. The van der Waals surface area contributed by atoms with Crippen molar-refractivity contribution in [3.8, 4) is 0 Å². The second kappa shape index (κ2) is 4.54. The van der Waals surface area contributed by atoms with E-state index in [2.05, 4.69) is 5.32 Å². The van der Waals surface area contributed by atoms with E-state index in [0.717, 1.165) is 0 Å². The van der Waals surface area contributed by atoms with E-state index in [0.29, 0.717) is 12.8 Å². The maximum absolute atomic E-state index is 10.2. The summed E-state index contributed by atoms with van der Waals surface area (Å²) in [5.74, 6) is -1.30. The average Bonchev–Trinajstić information content (AvgIpc) is 1.86. The number of carbonyl (C=O) groups is 2. The molecule has 0 aromatic carbocycles. The Morgan fingerprint density at radius 2 is 2.18 bits per heavy atom. The molecule has 0 rings (SSSR count). The van der Waals surface area contributed by atoms with E-state index in [9.17, 15) is 14.7 Å². The van der Waals surface area contributed by atoms with Crippen molar-refractivity contribution in [3.63, 3.8) is 0 Å². The molecule has 0 radical (unpaired) electrons. The maximum Gasteiger partial charge on any atom is 0.312 e. The minimum atomic E-state index is -1.30. The van der Waals surface area contributed by atoms with Crippen LogP contribution in [0.3, 0.4) is 0 Å². The second-order valence-electron chi connectivity index (χ2n) is 2.17. The van der Waals surface area contributed by atoms with E-state index < -0.39 is 18.0 Å². The fourth-order valence-electron chi connectivity index (χ4n) is 0.709. The smallest absolute Gasteiger partial charge is 0.312 e. The highest BCUT2D eigenvalue weighted by Gasteiger charge is 2.08. The Balaban J connectivity index is 3.89. The van der Waals surface area contributed by atoms with Crippen LogP contribution in [-0.4, -0.2) is 18.0 Å². The van der Waals surface area contributed by atoms with Crippen LogP contribution in [0.1, 0.15) is 19.8 Å². The van der Waals surface area contributed by atoms with E-state index in [1.54, 1.807) is 6.92 Å². The first-order chi connectivity index (χ1) is 5.07. The zero-order valence-electron chi connectivity index (χ0n) is 6.29. The number of aliphatic carboxylic acids is 1. The molecule has 5 nitrogen and oxygen atoms in total. The van der Waals surface area contributed by atoms with Gasteiger partial charge < -0.3 is 21.0 Å². The second-order valence-corrected chi connectivity index (χ2v) is 2.17. The molecule has 0 aliphatic rings. The molecular formula is C6H11N2O3-. The largest absolute Gasteiger partial charge is 0.548 e. The predicted octanol–water partition coefficient (Wildman–Crippen LogP) is -1.43. The molecule has 11 heavy (non-hydrogen) atoms. The van der Waals surface area contributed by atoms with Gasteiger partial charge in [0.15, 0.2) is 0 Å². The third-order valence-electron chi connectivity index (χ3n) is 1.18. The molecule has 0 aliphatic carbocycles. The van der Waals surface area contributed by atoms with Crippen LogP contribution in [0.5, 0.6) is 0 Å². The highest BCUT2D eigenvalue weighted by atomic mass is 16.4. The molecule has 0 spiro atoms. The van der Waals surface area contributed by atoms with Gasteiger partial charge in [-0.1, -0.05) is 13.3 Å². The third-order valence-corrected chi connectivity index (χ3v) is 1.18. The van der Waals surface area contributed by atoms with Gasteiger partial charge in [0.25, 0.3) is 0 Å². The summed E-state index contributed by atoms with van der Waals surface area (Å²) < 4.78 is 0. The normalized spacial score (nSPS) is 12.1. The lowest BCUT2D eigenvalue weighted by Crippen LogP contribution is -2.49. The van der Waals surface area contributed by atoms with Crippen molar-refractivity contribution in [3.05, 3.63) is 0 Å². The standard InChI is InChI=1S/C6H12N2O3/c1-2-3-4(5(9)10)8-6(7)11/h4H,2-3H2,1H3,(H,9,10)(H3,7,8,11)/p-1. The summed E-state index contributed by atoms with van der Waals surface area (Å²) in [5.41, 5.74) is 4.72. The predicted molar refractivity (Wildman–Crippen MR) is 36.4 cm³/mol. The highest BCUT2D eigenvalue weighted by Crippen LogP contribution is 1.94. The van der Waals surface area contributed by atoms with Crippen LogP contribution in [0.2, 0.25) is 0 Å². The van der Waals surface area contributed by atoms with Gasteiger partial charge in [-0.05, 0) is 6.42 Å². The zero-order valence-corrected chi connectivity index (χ0v) is 6.29. The van der Waals surface area contributed by atoms with Crippen LogP contribution in [0.25, 0.3) is 0 Å². The summed E-state index contributed by atoms with van der Waals surface area (Å²) in [4.78, 5) is 20.5. The van der Waals surface area contributed by atoms with Crippen LogP contribution in [0.4, 0.5) is 4.79 Å². The summed E-state index contributed by atoms with van der Waals surface area (Å²) in [6.07, 6.45) is 0.990. The molecule has 0 saturated carbocycles. The average molecular weight is 159 g/mol. The van der Waals surface area contributed by atoms with Gasteiger partial charge in [0, 0.05) is 0 Å². The molecule has 0 heterocycles. The van der Waals surface area contributed by atoms with Gasteiger partial charge in [0.2, 0.25) is 0 Å². The van der Waals surface area contributed by atoms with E-state index in [-0.39, 0.29) is 0 Å². The van der Waals surface area contributed by atoms with E-state index in [1.807, 2.05) is 0 Å². The summed E-state index contributed by atoms with van der Waals surface area (Å²) in [7, 11) is 0. The number of primary amides is 1. The molecule has 3 N–H and O–H groups in total. The molecule has 0 aromatic rings. The van der Waals surface area contributed by atoms with Gasteiger partial charge >= 0.3 is 6.03 Å². The molecule has 0 saturated heterocycles. The van der Waals surface area contributed by atoms with E-state index in [4.69, 9.17) is 5.73 Å². The number of amides is 2. The number of carbonyl (C=O) groups excluding carboxylic acids is 2. The minimum absolute atomic E-state index is 0.339. The first-order valence-electron chi connectivity index (χ1n) is 3.34. The Morgan fingerprint density at radius 1 is 1.64 bits per heavy atom. The topological polar surface area (TPSA) is 95.2 Å². The lowest BCUT2D eigenvalue weighted by atomic mass is 10.2. The molecule has 0 bridgehead atoms.